The molecule has 7 nitrogen and oxygen atoms in total. The second-order valence-corrected chi connectivity index (χ2v) is 5.54. The molecule has 0 fully saturated rings. The molecule has 1 amide bonds. The van der Waals surface area contributed by atoms with E-state index in [4.69, 9.17) is 0 Å². The Morgan fingerprint density at radius 3 is 2.71 bits per heavy atom. The van der Waals surface area contributed by atoms with Gasteiger partial charge >= 0.3 is 0 Å². The molecule has 7 heteroatoms. The third-order valence-electron chi connectivity index (χ3n) is 3.92. The fourth-order valence-corrected chi connectivity index (χ4v) is 2.59. The first-order chi connectivity index (χ1) is 11.7. The van der Waals surface area contributed by atoms with Crippen molar-refractivity contribution in [3.05, 3.63) is 65.5 Å². The van der Waals surface area contributed by atoms with Crippen molar-refractivity contribution >= 4 is 5.91 Å². The lowest BCUT2D eigenvalue weighted by Gasteiger charge is -2.08. The van der Waals surface area contributed by atoms with Crippen molar-refractivity contribution < 1.29 is 4.79 Å². The van der Waals surface area contributed by atoms with Crippen molar-refractivity contribution in [1.29, 1.82) is 0 Å². The number of aryl methyl sites for hydroxylation is 1. The summed E-state index contributed by atoms with van der Waals surface area (Å²) < 4.78 is 3.66. The average Bonchev–Trinajstić information content (AvgIpc) is 3.19. The summed E-state index contributed by atoms with van der Waals surface area (Å²) in [7, 11) is 1.84. The van der Waals surface area contributed by atoms with E-state index in [-0.39, 0.29) is 5.91 Å². The number of nitrogens with zero attached hydrogens (tertiary/aromatic N) is 5. The minimum Gasteiger partial charge on any atom is -0.345 e. The van der Waals surface area contributed by atoms with Gasteiger partial charge in [0.1, 0.15) is 6.33 Å². The SMILES string of the molecule is CCc1c(C(=O)NCc2nncn2C)cnn1Cc1ccccc1. The van der Waals surface area contributed by atoms with E-state index < -0.39 is 0 Å². The Kier molecular flexibility index (Phi) is 4.69. The molecule has 24 heavy (non-hydrogen) atoms. The molecule has 0 saturated heterocycles. The van der Waals surface area contributed by atoms with Gasteiger partial charge in [0, 0.05) is 7.05 Å². The molecular weight excluding hydrogens is 304 g/mol. The number of rotatable bonds is 6. The van der Waals surface area contributed by atoms with E-state index in [1.54, 1.807) is 17.1 Å². The molecule has 0 aliphatic carbocycles. The number of amides is 1. The van der Waals surface area contributed by atoms with Crippen LogP contribution >= 0.6 is 0 Å². The molecule has 0 aliphatic rings. The van der Waals surface area contributed by atoms with E-state index in [0.717, 1.165) is 17.7 Å². The van der Waals surface area contributed by atoms with Gasteiger partial charge < -0.3 is 9.88 Å². The van der Waals surface area contributed by atoms with Crippen LogP contribution in [-0.4, -0.2) is 30.5 Å². The monoisotopic (exact) mass is 324 g/mol. The van der Waals surface area contributed by atoms with Gasteiger partial charge in [-0.2, -0.15) is 5.10 Å². The van der Waals surface area contributed by atoms with Crippen molar-refractivity contribution in [1.82, 2.24) is 29.9 Å². The Bertz CT molecular complexity index is 821. The smallest absolute Gasteiger partial charge is 0.255 e. The van der Waals surface area contributed by atoms with E-state index in [1.807, 2.05) is 36.9 Å². The molecule has 3 aromatic rings. The van der Waals surface area contributed by atoms with Crippen LogP contribution in [0.4, 0.5) is 0 Å². The van der Waals surface area contributed by atoms with Gasteiger partial charge in [-0.1, -0.05) is 37.3 Å². The second kappa shape index (κ2) is 7.08. The average molecular weight is 324 g/mol. The van der Waals surface area contributed by atoms with Crippen LogP contribution in [0.3, 0.4) is 0 Å². The number of hydrogen-bond donors (Lipinski definition) is 1. The summed E-state index contributed by atoms with van der Waals surface area (Å²) in [5.41, 5.74) is 2.69. The molecule has 1 N–H and O–H groups in total. The third-order valence-corrected chi connectivity index (χ3v) is 3.92. The largest absolute Gasteiger partial charge is 0.345 e. The van der Waals surface area contributed by atoms with Gasteiger partial charge in [-0.3, -0.25) is 9.48 Å². The maximum absolute atomic E-state index is 12.5. The summed E-state index contributed by atoms with van der Waals surface area (Å²) >= 11 is 0. The topological polar surface area (TPSA) is 77.6 Å². The Morgan fingerprint density at radius 2 is 2.04 bits per heavy atom. The van der Waals surface area contributed by atoms with Crippen molar-refractivity contribution in [3.63, 3.8) is 0 Å². The van der Waals surface area contributed by atoms with Crippen LogP contribution in [0, 0.1) is 0 Å². The Hall–Kier alpha value is -2.96. The van der Waals surface area contributed by atoms with E-state index in [9.17, 15) is 4.79 Å². The lowest BCUT2D eigenvalue weighted by atomic mass is 10.1. The van der Waals surface area contributed by atoms with E-state index >= 15 is 0 Å². The lowest BCUT2D eigenvalue weighted by molar-refractivity contribution is 0.0948. The van der Waals surface area contributed by atoms with Crippen LogP contribution in [0.25, 0.3) is 0 Å². The summed E-state index contributed by atoms with van der Waals surface area (Å²) in [5.74, 6) is 0.562. The Labute approximate surface area is 140 Å². The third kappa shape index (κ3) is 3.34. The van der Waals surface area contributed by atoms with E-state index in [1.165, 1.54) is 0 Å². The number of hydrogen-bond acceptors (Lipinski definition) is 4. The highest BCUT2D eigenvalue weighted by Crippen LogP contribution is 2.12. The standard InChI is InChI=1S/C17H20N6O/c1-3-15-14(17(24)18-10-16-21-19-12-22(16)2)9-20-23(15)11-13-7-5-4-6-8-13/h4-9,12H,3,10-11H2,1-2H3,(H,18,24). The first kappa shape index (κ1) is 15.9. The predicted octanol–water partition coefficient (Wildman–Crippen LogP) is 1.55. The molecule has 0 unspecified atom stereocenters. The maximum atomic E-state index is 12.5. The lowest BCUT2D eigenvalue weighted by Crippen LogP contribution is -2.25. The fourth-order valence-electron chi connectivity index (χ4n) is 2.59. The Balaban J connectivity index is 1.73. The zero-order valence-corrected chi connectivity index (χ0v) is 13.8. The van der Waals surface area contributed by atoms with Crippen molar-refractivity contribution in [3.8, 4) is 0 Å². The molecule has 0 bridgehead atoms. The molecule has 0 radical (unpaired) electrons. The minimum atomic E-state index is -0.144. The number of aromatic nitrogens is 5. The first-order valence-electron chi connectivity index (χ1n) is 7.88. The fraction of sp³-hybridized carbons (Fsp3) is 0.294. The number of benzene rings is 1. The molecule has 124 valence electrons. The molecular formula is C17H20N6O. The molecule has 2 aromatic heterocycles. The molecule has 0 atom stereocenters. The first-order valence-corrected chi connectivity index (χ1v) is 7.88. The maximum Gasteiger partial charge on any atom is 0.255 e. The van der Waals surface area contributed by atoms with E-state index in [0.29, 0.717) is 24.5 Å². The Morgan fingerprint density at radius 1 is 1.25 bits per heavy atom. The molecule has 3 rings (SSSR count). The van der Waals surface area contributed by atoms with Gasteiger partial charge in [-0.05, 0) is 12.0 Å². The van der Waals surface area contributed by atoms with Gasteiger partial charge in [0.2, 0.25) is 0 Å². The van der Waals surface area contributed by atoms with Crippen LogP contribution in [-0.2, 0) is 26.6 Å². The molecule has 1 aromatic carbocycles. The predicted molar refractivity (Wildman–Crippen MR) is 89.3 cm³/mol. The summed E-state index contributed by atoms with van der Waals surface area (Å²) in [5, 5.41) is 15.0. The van der Waals surface area contributed by atoms with Crippen LogP contribution in [0.2, 0.25) is 0 Å². The molecule has 0 saturated carbocycles. The van der Waals surface area contributed by atoms with Crippen LogP contribution in [0.15, 0.2) is 42.9 Å². The van der Waals surface area contributed by atoms with Crippen LogP contribution in [0.1, 0.15) is 34.4 Å². The van der Waals surface area contributed by atoms with Gasteiger partial charge in [-0.25, -0.2) is 0 Å². The number of carbonyl (C=O) groups is 1. The van der Waals surface area contributed by atoms with E-state index in [2.05, 4.69) is 32.7 Å². The van der Waals surface area contributed by atoms with Gasteiger partial charge in [0.25, 0.3) is 5.91 Å². The summed E-state index contributed by atoms with van der Waals surface area (Å²) in [6, 6.07) is 10.1. The van der Waals surface area contributed by atoms with Crippen LogP contribution in [0.5, 0.6) is 0 Å². The highest BCUT2D eigenvalue weighted by atomic mass is 16.1. The highest BCUT2D eigenvalue weighted by Gasteiger charge is 2.16. The zero-order chi connectivity index (χ0) is 16.9. The summed E-state index contributed by atoms with van der Waals surface area (Å²) in [4.78, 5) is 12.5. The zero-order valence-electron chi connectivity index (χ0n) is 13.8. The van der Waals surface area contributed by atoms with Gasteiger partial charge in [-0.15, -0.1) is 10.2 Å². The molecule has 2 heterocycles. The quantitative estimate of drug-likeness (QED) is 0.746. The highest BCUT2D eigenvalue weighted by molar-refractivity contribution is 5.95. The van der Waals surface area contributed by atoms with Gasteiger partial charge in [0.05, 0.1) is 30.5 Å². The molecule has 0 aliphatic heterocycles. The summed E-state index contributed by atoms with van der Waals surface area (Å²) in [6.45, 7) is 3.01. The number of nitrogens with one attached hydrogen (secondary N) is 1. The van der Waals surface area contributed by atoms with Crippen molar-refractivity contribution in [2.75, 3.05) is 0 Å². The van der Waals surface area contributed by atoms with Gasteiger partial charge in [0.15, 0.2) is 5.82 Å². The summed E-state index contributed by atoms with van der Waals surface area (Å²) in [6.07, 6.45) is 3.98. The normalized spacial score (nSPS) is 10.8. The van der Waals surface area contributed by atoms with Crippen molar-refractivity contribution in [2.45, 2.75) is 26.4 Å². The molecule has 0 spiro atoms. The minimum absolute atomic E-state index is 0.144. The van der Waals surface area contributed by atoms with Crippen molar-refractivity contribution in [2.24, 2.45) is 7.05 Å². The number of carbonyl (C=O) groups excluding carboxylic acids is 1. The van der Waals surface area contributed by atoms with Crippen LogP contribution < -0.4 is 5.32 Å². The second-order valence-electron chi connectivity index (χ2n) is 5.54.